The largest absolute Gasteiger partial charge is 0.460 e. The Kier molecular flexibility index (Phi) is 7.54. The van der Waals surface area contributed by atoms with Gasteiger partial charge in [0.15, 0.2) is 0 Å². The van der Waals surface area contributed by atoms with Gasteiger partial charge in [-0.2, -0.15) is 0 Å². The molecular weight excluding hydrogens is 436 g/mol. The van der Waals surface area contributed by atoms with Gasteiger partial charge in [0.25, 0.3) is 5.91 Å². The second-order valence-electron chi connectivity index (χ2n) is 7.87. The number of fused-ring (bicyclic) bond motifs is 1. The highest BCUT2D eigenvalue weighted by Crippen LogP contribution is 2.33. The molecule has 1 aromatic carbocycles. The Bertz CT molecular complexity index is 1070. The van der Waals surface area contributed by atoms with Crippen LogP contribution >= 0.6 is 0 Å². The molecule has 0 bridgehead atoms. The zero-order valence-corrected chi connectivity index (χ0v) is 19.2. The van der Waals surface area contributed by atoms with E-state index in [0.717, 1.165) is 16.7 Å². The quantitative estimate of drug-likeness (QED) is 0.495. The molecule has 9 nitrogen and oxygen atoms in total. The summed E-state index contributed by atoms with van der Waals surface area (Å²) in [6.07, 6.45) is 3.49. The number of nitrogens with zero attached hydrogens (tertiary/aromatic N) is 4. The van der Waals surface area contributed by atoms with Crippen molar-refractivity contribution in [2.45, 2.75) is 19.4 Å². The van der Waals surface area contributed by atoms with E-state index in [1.54, 1.807) is 12.2 Å². The molecule has 1 saturated heterocycles. The number of benzene rings is 1. The third-order valence-corrected chi connectivity index (χ3v) is 5.56. The number of aromatic nitrogens is 3. The lowest BCUT2D eigenvalue weighted by atomic mass is 10.1. The number of carbonyl (C=O) groups is 1. The van der Waals surface area contributed by atoms with E-state index in [1.165, 1.54) is 5.56 Å². The first-order valence-electron chi connectivity index (χ1n) is 11.1. The number of rotatable bonds is 10. The Hall–Kier alpha value is -3.72. The predicted octanol–water partition coefficient (Wildman–Crippen LogP) is 2.64. The van der Waals surface area contributed by atoms with Crippen molar-refractivity contribution >= 4 is 11.5 Å². The highest BCUT2D eigenvalue weighted by Gasteiger charge is 2.31. The second kappa shape index (κ2) is 10.9. The summed E-state index contributed by atoms with van der Waals surface area (Å²) >= 11 is 0. The van der Waals surface area contributed by atoms with Crippen LogP contribution in [0, 0.1) is 0 Å². The summed E-state index contributed by atoms with van der Waals surface area (Å²) < 4.78 is 22.4. The molecule has 9 heteroatoms. The summed E-state index contributed by atoms with van der Waals surface area (Å²) in [7, 11) is 0. The minimum atomic E-state index is -0.325. The Morgan fingerprint density at radius 2 is 1.74 bits per heavy atom. The Labute approximate surface area is 198 Å². The number of morpholine rings is 1. The molecule has 0 saturated carbocycles. The molecule has 1 atom stereocenters. The standard InChI is InChI=1S/C25H28N4O5/c1-4-11-32-23-26-24(33-12-5-2)28-25(27-23)34-16-19-15-29(10-13-31-19)22(30)21-14-18-8-6-7-9-20(18)17(21)3/h4-9,19H,1-2,10-16H2,3H3. The molecule has 1 aliphatic heterocycles. The molecule has 0 radical (unpaired) electrons. The van der Waals surface area contributed by atoms with Crippen LogP contribution in [0.25, 0.3) is 5.57 Å². The molecule has 1 aliphatic carbocycles. The first-order valence-corrected chi connectivity index (χ1v) is 11.1. The molecule has 2 aliphatic rings. The molecule has 1 unspecified atom stereocenters. The van der Waals surface area contributed by atoms with Crippen molar-refractivity contribution in [2.75, 3.05) is 39.5 Å². The summed E-state index contributed by atoms with van der Waals surface area (Å²) in [5.41, 5.74) is 4.23. The fourth-order valence-corrected chi connectivity index (χ4v) is 3.91. The van der Waals surface area contributed by atoms with E-state index in [4.69, 9.17) is 18.9 Å². The Morgan fingerprint density at radius 3 is 2.38 bits per heavy atom. The maximum Gasteiger partial charge on any atom is 0.326 e. The van der Waals surface area contributed by atoms with Gasteiger partial charge < -0.3 is 23.8 Å². The molecule has 1 amide bonds. The summed E-state index contributed by atoms with van der Waals surface area (Å²) in [6, 6.07) is 8.32. The normalized spacial score (nSPS) is 17.2. The van der Waals surface area contributed by atoms with Crippen molar-refractivity contribution in [3.8, 4) is 18.0 Å². The van der Waals surface area contributed by atoms with Crippen molar-refractivity contribution in [2.24, 2.45) is 0 Å². The van der Waals surface area contributed by atoms with Gasteiger partial charge in [-0.05, 0) is 23.6 Å². The van der Waals surface area contributed by atoms with Crippen molar-refractivity contribution in [1.82, 2.24) is 19.9 Å². The lowest BCUT2D eigenvalue weighted by Crippen LogP contribution is -2.48. The van der Waals surface area contributed by atoms with E-state index in [-0.39, 0.29) is 49.9 Å². The number of hydrogen-bond acceptors (Lipinski definition) is 8. The number of hydrogen-bond donors (Lipinski definition) is 0. The van der Waals surface area contributed by atoms with Crippen LogP contribution in [-0.2, 0) is 16.0 Å². The van der Waals surface area contributed by atoms with Gasteiger partial charge in [-0.15, -0.1) is 15.0 Å². The second-order valence-corrected chi connectivity index (χ2v) is 7.87. The van der Waals surface area contributed by atoms with Gasteiger partial charge in [-0.1, -0.05) is 49.6 Å². The van der Waals surface area contributed by atoms with E-state index in [1.807, 2.05) is 24.0 Å². The van der Waals surface area contributed by atoms with Gasteiger partial charge >= 0.3 is 18.0 Å². The lowest BCUT2D eigenvalue weighted by Gasteiger charge is -2.33. The molecule has 34 heavy (non-hydrogen) atoms. The maximum atomic E-state index is 13.3. The summed E-state index contributed by atoms with van der Waals surface area (Å²) in [5, 5.41) is 0. The van der Waals surface area contributed by atoms with Gasteiger partial charge in [0, 0.05) is 18.5 Å². The fourth-order valence-electron chi connectivity index (χ4n) is 3.91. The van der Waals surface area contributed by atoms with Crippen molar-refractivity contribution in [3.05, 3.63) is 66.3 Å². The Balaban J connectivity index is 1.39. The minimum Gasteiger partial charge on any atom is -0.460 e. The van der Waals surface area contributed by atoms with Crippen LogP contribution in [0.1, 0.15) is 18.1 Å². The molecule has 1 fully saturated rings. The van der Waals surface area contributed by atoms with E-state index in [9.17, 15) is 4.79 Å². The van der Waals surface area contributed by atoms with Crippen LogP contribution in [0.2, 0.25) is 0 Å². The van der Waals surface area contributed by atoms with Crippen LogP contribution < -0.4 is 14.2 Å². The first-order chi connectivity index (χ1) is 16.6. The highest BCUT2D eigenvalue weighted by molar-refractivity contribution is 6.03. The smallest absolute Gasteiger partial charge is 0.326 e. The number of amides is 1. The highest BCUT2D eigenvalue weighted by atomic mass is 16.6. The number of carbonyl (C=O) groups excluding carboxylic acids is 1. The van der Waals surface area contributed by atoms with Crippen LogP contribution in [0.3, 0.4) is 0 Å². The lowest BCUT2D eigenvalue weighted by molar-refractivity contribution is -0.135. The van der Waals surface area contributed by atoms with E-state index in [2.05, 4.69) is 40.2 Å². The van der Waals surface area contributed by atoms with Gasteiger partial charge in [-0.3, -0.25) is 4.79 Å². The molecule has 0 N–H and O–H groups in total. The molecular formula is C25H28N4O5. The zero-order chi connectivity index (χ0) is 23.9. The van der Waals surface area contributed by atoms with Crippen LogP contribution in [0.5, 0.6) is 18.0 Å². The van der Waals surface area contributed by atoms with Crippen molar-refractivity contribution in [3.63, 3.8) is 0 Å². The van der Waals surface area contributed by atoms with Gasteiger partial charge in [0.05, 0.1) is 13.2 Å². The van der Waals surface area contributed by atoms with E-state index < -0.39 is 0 Å². The first kappa shape index (κ1) is 23.4. The predicted molar refractivity (Wildman–Crippen MR) is 126 cm³/mol. The van der Waals surface area contributed by atoms with Crippen molar-refractivity contribution in [1.29, 1.82) is 0 Å². The third-order valence-electron chi connectivity index (χ3n) is 5.56. The molecule has 178 valence electrons. The number of ether oxygens (including phenoxy) is 4. The molecule has 2 heterocycles. The van der Waals surface area contributed by atoms with Crippen LogP contribution in [-0.4, -0.2) is 71.4 Å². The average Bonchev–Trinajstić information content (AvgIpc) is 3.21. The molecule has 0 spiro atoms. The average molecular weight is 465 g/mol. The molecule has 2 aromatic rings. The van der Waals surface area contributed by atoms with Crippen LogP contribution in [0.15, 0.2) is 55.1 Å². The number of allylic oxidation sites excluding steroid dienone is 1. The van der Waals surface area contributed by atoms with Gasteiger partial charge in [0.1, 0.15) is 25.9 Å². The summed E-state index contributed by atoms with van der Waals surface area (Å²) in [6.45, 7) is 11.2. The van der Waals surface area contributed by atoms with Gasteiger partial charge in [-0.25, -0.2) is 0 Å². The van der Waals surface area contributed by atoms with E-state index in [0.29, 0.717) is 26.1 Å². The SMILES string of the molecule is C=CCOc1nc(OCC=C)nc(OCC2CN(C(=O)C3=C(C)c4ccccc4C3)CCO2)n1. The summed E-state index contributed by atoms with van der Waals surface area (Å²) in [5.74, 6) is 0.0439. The molecule has 1 aromatic heterocycles. The van der Waals surface area contributed by atoms with Gasteiger partial charge in [0.2, 0.25) is 0 Å². The summed E-state index contributed by atoms with van der Waals surface area (Å²) in [4.78, 5) is 27.5. The Morgan fingerprint density at radius 1 is 1.09 bits per heavy atom. The third kappa shape index (κ3) is 5.43. The van der Waals surface area contributed by atoms with Crippen LogP contribution in [0.4, 0.5) is 0 Å². The maximum absolute atomic E-state index is 13.3. The zero-order valence-electron chi connectivity index (χ0n) is 19.2. The topological polar surface area (TPSA) is 95.9 Å². The minimum absolute atomic E-state index is 0.0439. The van der Waals surface area contributed by atoms with Crippen molar-refractivity contribution < 1.29 is 23.7 Å². The fraction of sp³-hybridized carbons (Fsp3) is 0.360. The monoisotopic (exact) mass is 464 g/mol. The molecule has 4 rings (SSSR count). The van der Waals surface area contributed by atoms with E-state index >= 15 is 0 Å².